The minimum atomic E-state index is -4.79. The Morgan fingerprint density at radius 3 is 2.12 bits per heavy atom. The van der Waals surface area contributed by atoms with E-state index in [2.05, 4.69) is 15.7 Å². The van der Waals surface area contributed by atoms with Gasteiger partial charge in [-0.15, -0.1) is 0 Å². The molecule has 78 heavy (non-hydrogen) atoms. The molecule has 9 atom stereocenters. The van der Waals surface area contributed by atoms with E-state index in [0.717, 1.165) is 16.9 Å². The van der Waals surface area contributed by atoms with Gasteiger partial charge in [-0.2, -0.15) is 8.42 Å². The smallest absolute Gasteiger partial charge is 0.270 e. The number of Topliss-reactive ketones (excluding diaryl/α,β-unsaturated/α-hetero) is 2. The van der Waals surface area contributed by atoms with E-state index < -0.39 is 83.8 Å². The zero-order valence-electron chi connectivity index (χ0n) is 44.5. The molecule has 426 valence electrons. The number of halogens is 2. The summed E-state index contributed by atoms with van der Waals surface area (Å²) in [5.74, 6) is -2.76. The van der Waals surface area contributed by atoms with E-state index in [1.807, 2.05) is 13.8 Å². The van der Waals surface area contributed by atoms with Gasteiger partial charge in [-0.05, 0) is 79.0 Å². The van der Waals surface area contributed by atoms with Crippen molar-refractivity contribution in [1.82, 2.24) is 25.5 Å². The number of carbonyl (C=O) groups is 6. The number of rotatable bonds is 27. The monoisotopic (exact) mass is 1130 g/mol. The van der Waals surface area contributed by atoms with E-state index in [9.17, 15) is 55.6 Å². The third-order valence-electron chi connectivity index (χ3n) is 15.2. The first-order valence-electron chi connectivity index (χ1n) is 26.7. The highest BCUT2D eigenvalue weighted by Crippen LogP contribution is 2.43. The highest BCUT2D eigenvalue weighted by Gasteiger charge is 2.48. The maximum Gasteiger partial charge on any atom is 0.270 e. The molecule has 0 radical (unpaired) electrons. The van der Waals surface area contributed by atoms with E-state index in [1.54, 1.807) is 54.3 Å². The van der Waals surface area contributed by atoms with Crippen molar-refractivity contribution in [3.63, 3.8) is 0 Å². The summed E-state index contributed by atoms with van der Waals surface area (Å²) in [6.45, 7) is 3.61. The molecule has 7 rings (SSSR count). The maximum absolute atomic E-state index is 15.1. The van der Waals surface area contributed by atoms with Gasteiger partial charge in [0, 0.05) is 79.6 Å². The van der Waals surface area contributed by atoms with Crippen LogP contribution in [0.3, 0.4) is 0 Å². The fourth-order valence-corrected chi connectivity index (χ4v) is 13.8. The Morgan fingerprint density at radius 1 is 0.859 bits per heavy atom. The summed E-state index contributed by atoms with van der Waals surface area (Å²) in [6.07, 6.45) is -1.23. The predicted octanol–water partition coefficient (Wildman–Crippen LogP) is 5.21. The topological polar surface area (TPSA) is 264 Å². The Labute approximate surface area is 454 Å². The van der Waals surface area contributed by atoms with E-state index >= 15 is 4.57 Å². The Bertz CT molecular complexity index is 2860. The number of fused-ring (bicyclic) bond motifs is 4. The molecule has 3 unspecified atom stereocenters. The molecule has 4 heterocycles. The van der Waals surface area contributed by atoms with Crippen molar-refractivity contribution in [2.45, 2.75) is 127 Å². The molecule has 3 aromatic rings. The number of ketones is 2. The number of amides is 4. The number of nitrogens with zero attached hydrogens (tertiary/aromatic N) is 2. The molecule has 0 bridgehead atoms. The number of hydrogen-bond donors (Lipinski definition) is 5. The van der Waals surface area contributed by atoms with Crippen LogP contribution in [0.1, 0.15) is 109 Å². The lowest BCUT2D eigenvalue weighted by atomic mass is 9.92. The minimum absolute atomic E-state index is 0.00152. The van der Waals surface area contributed by atoms with Crippen molar-refractivity contribution < 1.29 is 74.4 Å². The Kier molecular flexibility index (Phi) is 20.3. The van der Waals surface area contributed by atoms with Crippen LogP contribution in [-0.2, 0) is 59.7 Å². The number of ether oxygens (including phenoxy) is 3. The van der Waals surface area contributed by atoms with Crippen molar-refractivity contribution in [3.8, 4) is 17.2 Å². The van der Waals surface area contributed by atoms with Gasteiger partial charge in [0.25, 0.3) is 21.9 Å². The van der Waals surface area contributed by atoms with Gasteiger partial charge in [0.15, 0.2) is 24.6 Å². The average Bonchev–Trinajstić information content (AvgIpc) is 4.02. The van der Waals surface area contributed by atoms with Crippen LogP contribution in [0.2, 0.25) is 0 Å². The second kappa shape index (κ2) is 26.4. The zero-order chi connectivity index (χ0) is 56.5. The van der Waals surface area contributed by atoms with Gasteiger partial charge in [0.1, 0.15) is 29.1 Å². The average molecular weight is 1130 g/mol. The van der Waals surface area contributed by atoms with Crippen LogP contribution in [-0.4, -0.2) is 158 Å². The number of alkyl halides is 2. The zero-order valence-corrected chi connectivity index (χ0v) is 46.3. The number of nitrogens with one attached hydrogen (secondary N) is 3. The Hall–Kier alpha value is -5.80. The summed E-state index contributed by atoms with van der Waals surface area (Å²) in [5, 5.41) is 17.3. The fourth-order valence-electron chi connectivity index (χ4n) is 11.0. The number of aliphatic hydroxyl groups excluding tert-OH is 1. The molecule has 2 saturated heterocycles. The van der Waals surface area contributed by atoms with Crippen molar-refractivity contribution in [2.24, 2.45) is 11.8 Å². The highest BCUT2D eigenvalue weighted by molar-refractivity contribution is 7.86. The lowest BCUT2D eigenvalue weighted by Crippen LogP contribution is -2.46. The summed E-state index contributed by atoms with van der Waals surface area (Å²) < 4.78 is 97.8. The van der Waals surface area contributed by atoms with Crippen molar-refractivity contribution in [2.75, 3.05) is 58.8 Å². The minimum Gasteiger partial charge on any atom is -0.493 e. The molecule has 4 aliphatic heterocycles. The van der Waals surface area contributed by atoms with Crippen LogP contribution in [0.5, 0.6) is 17.2 Å². The number of benzene rings is 3. The molecule has 4 aliphatic rings. The van der Waals surface area contributed by atoms with Gasteiger partial charge in [-0.25, -0.2) is 8.78 Å². The molecule has 2 fully saturated rings. The lowest BCUT2D eigenvalue weighted by Gasteiger charge is -2.26. The first kappa shape index (κ1) is 59.9. The molecule has 3 aromatic carbocycles. The van der Waals surface area contributed by atoms with Gasteiger partial charge in [-0.3, -0.25) is 38.4 Å². The van der Waals surface area contributed by atoms with Gasteiger partial charge in [0.05, 0.1) is 58.6 Å². The largest absolute Gasteiger partial charge is 0.493 e. The van der Waals surface area contributed by atoms with Crippen molar-refractivity contribution in [3.05, 3.63) is 88.0 Å². The van der Waals surface area contributed by atoms with Crippen molar-refractivity contribution >= 4 is 52.6 Å². The van der Waals surface area contributed by atoms with Gasteiger partial charge < -0.3 is 44.3 Å². The molecule has 4 amide bonds. The second-order valence-corrected chi connectivity index (χ2v) is 25.6. The normalized spacial score (nSPS) is 22.4. The molecular weight excluding hydrogens is 1060 g/mol. The maximum atomic E-state index is 15.1. The Balaban J connectivity index is 1.08. The third kappa shape index (κ3) is 14.9. The summed E-state index contributed by atoms with van der Waals surface area (Å²) in [4.78, 5) is 82.9. The predicted molar refractivity (Wildman–Crippen MR) is 285 cm³/mol. The summed E-state index contributed by atoms with van der Waals surface area (Å²) in [6, 6.07) is 12.3. The molecule has 5 N–H and O–H groups in total. The van der Waals surface area contributed by atoms with Crippen LogP contribution in [0, 0.1) is 11.8 Å². The van der Waals surface area contributed by atoms with E-state index in [4.69, 9.17) is 14.2 Å². The van der Waals surface area contributed by atoms with E-state index in [-0.39, 0.29) is 141 Å². The summed E-state index contributed by atoms with van der Waals surface area (Å²) in [7, 11) is -7.17. The molecule has 19 nitrogen and oxygen atoms in total. The summed E-state index contributed by atoms with van der Waals surface area (Å²) >= 11 is 0. The van der Waals surface area contributed by atoms with Crippen LogP contribution in [0.4, 0.5) is 8.78 Å². The number of carbonyl (C=O) groups excluding carboxylic acids is 6. The summed E-state index contributed by atoms with van der Waals surface area (Å²) in [5.41, 5.74) is 2.03. The number of methoxy groups -OCH3 is 1. The molecule has 0 aromatic heterocycles. The van der Waals surface area contributed by atoms with Crippen LogP contribution in [0.15, 0.2) is 54.6 Å². The number of aliphatic hydroxyl groups is 1. The van der Waals surface area contributed by atoms with E-state index in [1.165, 1.54) is 19.2 Å². The molecule has 0 saturated carbocycles. The van der Waals surface area contributed by atoms with Crippen LogP contribution < -0.4 is 29.9 Å². The fraction of sp³-hybridized carbons (Fsp3) is 0.564. The number of hydrogen-bond acceptors (Lipinski definition) is 13. The molecule has 0 aliphatic carbocycles. The third-order valence-corrected chi connectivity index (χ3v) is 19.0. The van der Waals surface area contributed by atoms with Gasteiger partial charge >= 0.3 is 0 Å². The SMILES string of the molecule is CCCC(=O)CCCNC(=O)[C@H](C)CC(=O)[C@H](Cc1ccccc1)NC(=O)CNP(=O)(CCOc1cc2c(cc1CO)C(=O)N1C[C@H](F)C[C@H]1C(S(=O)(=O)O)C2)CCOc1cc2c(cc1OC)C(=O)N1C[C@H](F)C[C@H]1C(C)C2. The molecule has 23 heteroatoms. The molecule has 0 spiro atoms. The van der Waals surface area contributed by atoms with Gasteiger partial charge in [0.2, 0.25) is 11.8 Å². The van der Waals surface area contributed by atoms with Crippen LogP contribution >= 0.6 is 7.29 Å². The molecular formula is C55H72F2N5O14PS. The second-order valence-electron chi connectivity index (χ2n) is 21.0. The quantitative estimate of drug-likeness (QED) is 0.0373. The first-order valence-corrected chi connectivity index (χ1v) is 30.3. The first-order chi connectivity index (χ1) is 37.1. The Morgan fingerprint density at radius 2 is 1.47 bits per heavy atom. The lowest BCUT2D eigenvalue weighted by molar-refractivity contribution is -0.131. The highest BCUT2D eigenvalue weighted by atomic mass is 32.2. The standard InChI is InChI=1S/C55H72F2N5O14PS/c1-5-10-41(64)13-9-14-58-53(67)34(3)20-47(65)44(21-35-11-7-6-8-12-35)60-52(66)29-59-77(70,18-16-76-50-24-36-19-33(2)45-26-39(56)30-61(45)55(69)43(36)28-49(50)74-4)17-15-75-48-23-37-25-51(78(71,72)73)46-27-40(57)31-62(46)54(68)42(37)22-38(48)32-63/h6-8,11-12,22-24,28,33-34,39-40,44-46,51,63H,5,9-10,13-21,25-27,29-32H2,1-4H3,(H,58,67)(H,59,70)(H,60,66)(H,71,72,73)/t33?,34-,39-,40-,44+,45+,46+,51?,77?/m1/s1. The van der Waals surface area contributed by atoms with Crippen LogP contribution in [0.25, 0.3) is 0 Å². The van der Waals surface area contributed by atoms with E-state index in [0.29, 0.717) is 36.8 Å². The van der Waals surface area contributed by atoms with Crippen molar-refractivity contribution in [1.29, 1.82) is 0 Å². The van der Waals surface area contributed by atoms with Gasteiger partial charge in [-0.1, -0.05) is 51.1 Å².